The number of aryl methyl sites for hydroxylation is 1. The Labute approximate surface area is 111 Å². The molecule has 100 valence electrons. The highest BCUT2D eigenvalue weighted by Gasteiger charge is 2.02. The van der Waals surface area contributed by atoms with Gasteiger partial charge in [-0.15, -0.1) is 0 Å². The fourth-order valence-electron chi connectivity index (χ4n) is 1.77. The van der Waals surface area contributed by atoms with Crippen LogP contribution in [0, 0.1) is 5.41 Å². The summed E-state index contributed by atoms with van der Waals surface area (Å²) in [5.74, 6) is 0.800. The lowest BCUT2D eigenvalue weighted by atomic mass is 10.1. The van der Waals surface area contributed by atoms with Crippen LogP contribution in [0.25, 0.3) is 11.3 Å². The summed E-state index contributed by atoms with van der Waals surface area (Å²) in [6, 6.07) is 11.2. The van der Waals surface area contributed by atoms with Crippen LogP contribution in [0.2, 0.25) is 0 Å². The monoisotopic (exact) mass is 259 g/mol. The summed E-state index contributed by atoms with van der Waals surface area (Å²) >= 11 is 0. The molecule has 0 unspecified atom stereocenters. The van der Waals surface area contributed by atoms with E-state index in [2.05, 4.69) is 5.10 Å². The number of rotatable bonds is 5. The highest BCUT2D eigenvalue weighted by Crippen LogP contribution is 2.19. The lowest BCUT2D eigenvalue weighted by molar-refractivity contribution is 0.275. The van der Waals surface area contributed by atoms with E-state index in [0.717, 1.165) is 17.0 Å². The van der Waals surface area contributed by atoms with Gasteiger partial charge >= 0.3 is 0 Å². The van der Waals surface area contributed by atoms with E-state index >= 15 is 0 Å². The van der Waals surface area contributed by atoms with Gasteiger partial charge in [0.1, 0.15) is 11.2 Å². The van der Waals surface area contributed by atoms with Gasteiger partial charge in [0.05, 0.1) is 12.8 Å². The van der Waals surface area contributed by atoms with Crippen LogP contribution in [0.1, 0.15) is 6.42 Å². The van der Waals surface area contributed by atoms with E-state index in [0.29, 0.717) is 18.5 Å². The van der Waals surface area contributed by atoms with Crippen LogP contribution in [0.5, 0.6) is 5.75 Å². The molecule has 1 heterocycles. The first kappa shape index (κ1) is 13.3. The third-order valence-corrected chi connectivity index (χ3v) is 2.82. The van der Waals surface area contributed by atoms with Crippen LogP contribution in [-0.2, 0) is 6.54 Å². The molecule has 0 saturated heterocycles. The van der Waals surface area contributed by atoms with Crippen LogP contribution in [-0.4, -0.2) is 28.6 Å². The third kappa shape index (κ3) is 3.20. The van der Waals surface area contributed by atoms with Gasteiger partial charge in [0, 0.05) is 18.7 Å². The summed E-state index contributed by atoms with van der Waals surface area (Å²) in [4.78, 5) is 0. The normalized spacial score (nSPS) is 10.4. The van der Waals surface area contributed by atoms with E-state index < -0.39 is 0 Å². The number of benzene rings is 1. The fraction of sp³-hybridized carbons (Fsp3) is 0.286. The molecule has 19 heavy (non-hydrogen) atoms. The maximum atomic E-state index is 8.85. The summed E-state index contributed by atoms with van der Waals surface area (Å²) in [6.07, 6.45) is 0.593. The van der Waals surface area contributed by atoms with Crippen LogP contribution in [0.4, 0.5) is 0 Å². The van der Waals surface area contributed by atoms with Crippen LogP contribution in [0.15, 0.2) is 36.4 Å². The van der Waals surface area contributed by atoms with Gasteiger partial charge in [-0.3, -0.25) is 5.41 Å². The molecule has 0 saturated carbocycles. The van der Waals surface area contributed by atoms with E-state index in [1.807, 2.05) is 30.3 Å². The molecule has 2 N–H and O–H groups in total. The molecule has 1 aromatic heterocycles. The minimum atomic E-state index is 0.0981. The van der Waals surface area contributed by atoms with Gasteiger partial charge in [-0.1, -0.05) is 0 Å². The van der Waals surface area contributed by atoms with Gasteiger partial charge in [0.15, 0.2) is 0 Å². The molecule has 1 aromatic carbocycles. The Balaban J connectivity index is 2.30. The molecule has 2 rings (SSSR count). The highest BCUT2D eigenvalue weighted by atomic mass is 16.5. The highest BCUT2D eigenvalue weighted by molar-refractivity contribution is 5.59. The molecular formula is C14H17N3O2. The van der Waals surface area contributed by atoms with Crippen molar-refractivity contribution in [3.05, 3.63) is 41.9 Å². The summed E-state index contributed by atoms with van der Waals surface area (Å²) in [5, 5.41) is 21.0. The summed E-state index contributed by atoms with van der Waals surface area (Å²) < 4.78 is 6.71. The third-order valence-electron chi connectivity index (χ3n) is 2.82. The second kappa shape index (κ2) is 6.15. The first-order valence-corrected chi connectivity index (χ1v) is 6.12. The zero-order chi connectivity index (χ0) is 13.7. The summed E-state index contributed by atoms with van der Waals surface area (Å²) in [7, 11) is 1.63. The Bertz CT molecular complexity index is 590. The molecule has 0 amide bonds. The predicted molar refractivity (Wildman–Crippen MR) is 71.8 cm³/mol. The van der Waals surface area contributed by atoms with E-state index in [1.165, 1.54) is 0 Å². The molecular weight excluding hydrogens is 242 g/mol. The average Bonchev–Trinajstić information content (AvgIpc) is 2.46. The van der Waals surface area contributed by atoms with Crippen molar-refractivity contribution in [2.24, 2.45) is 0 Å². The summed E-state index contributed by atoms with van der Waals surface area (Å²) in [5.41, 5.74) is 2.11. The fourth-order valence-corrected chi connectivity index (χ4v) is 1.77. The molecule has 5 nitrogen and oxygen atoms in total. The zero-order valence-corrected chi connectivity index (χ0v) is 10.8. The minimum absolute atomic E-state index is 0.0981. The van der Waals surface area contributed by atoms with Gasteiger partial charge < -0.3 is 9.84 Å². The SMILES string of the molecule is COc1ccc(-c2ccc(=N)n(CCCO)n2)cc1. The van der Waals surface area contributed by atoms with Crippen molar-refractivity contribution >= 4 is 0 Å². The van der Waals surface area contributed by atoms with Crippen molar-refractivity contribution < 1.29 is 9.84 Å². The van der Waals surface area contributed by atoms with Crippen LogP contribution < -0.4 is 10.2 Å². The van der Waals surface area contributed by atoms with Gasteiger partial charge in [-0.25, -0.2) is 4.68 Å². The number of hydrogen-bond donors (Lipinski definition) is 2. The maximum Gasteiger partial charge on any atom is 0.141 e. The topological polar surface area (TPSA) is 71.1 Å². The van der Waals surface area contributed by atoms with Gasteiger partial charge in [-0.2, -0.15) is 5.10 Å². The zero-order valence-electron chi connectivity index (χ0n) is 10.8. The lowest BCUT2D eigenvalue weighted by Crippen LogP contribution is -2.23. The number of aliphatic hydroxyl groups is 1. The summed E-state index contributed by atoms with van der Waals surface area (Å²) in [6.45, 7) is 0.639. The van der Waals surface area contributed by atoms with E-state index in [9.17, 15) is 0 Å². The van der Waals surface area contributed by atoms with Crippen molar-refractivity contribution in [3.63, 3.8) is 0 Å². The van der Waals surface area contributed by atoms with Gasteiger partial charge in [-0.05, 0) is 42.8 Å². The number of aliphatic hydroxyl groups excluding tert-OH is 1. The van der Waals surface area contributed by atoms with Crippen molar-refractivity contribution in [2.45, 2.75) is 13.0 Å². The number of nitrogens with one attached hydrogen (secondary N) is 1. The molecule has 0 aliphatic heterocycles. The van der Waals surface area contributed by atoms with Gasteiger partial charge in [0.25, 0.3) is 0 Å². The molecule has 0 fully saturated rings. The average molecular weight is 259 g/mol. The number of aromatic nitrogens is 2. The van der Waals surface area contributed by atoms with Crippen molar-refractivity contribution in [1.29, 1.82) is 5.41 Å². The molecule has 0 bridgehead atoms. The molecule has 0 aliphatic rings. The first-order valence-electron chi connectivity index (χ1n) is 6.12. The Morgan fingerprint density at radius 2 is 1.95 bits per heavy atom. The Hall–Kier alpha value is -2.14. The number of ether oxygens (including phenoxy) is 1. The molecule has 0 radical (unpaired) electrons. The molecule has 5 heteroatoms. The van der Waals surface area contributed by atoms with Crippen LogP contribution in [0.3, 0.4) is 0 Å². The van der Waals surface area contributed by atoms with E-state index in [1.54, 1.807) is 17.9 Å². The van der Waals surface area contributed by atoms with Gasteiger partial charge in [0.2, 0.25) is 0 Å². The Morgan fingerprint density at radius 3 is 2.58 bits per heavy atom. The second-order valence-electron chi connectivity index (χ2n) is 4.13. The second-order valence-corrected chi connectivity index (χ2v) is 4.13. The molecule has 0 aliphatic carbocycles. The lowest BCUT2D eigenvalue weighted by Gasteiger charge is -2.08. The predicted octanol–water partition coefficient (Wildman–Crippen LogP) is 1.42. The largest absolute Gasteiger partial charge is 0.497 e. The minimum Gasteiger partial charge on any atom is -0.497 e. The maximum absolute atomic E-state index is 8.85. The Morgan fingerprint density at radius 1 is 1.21 bits per heavy atom. The molecule has 0 spiro atoms. The van der Waals surface area contributed by atoms with Crippen LogP contribution >= 0.6 is 0 Å². The van der Waals surface area contributed by atoms with Crippen molar-refractivity contribution in [3.8, 4) is 17.0 Å². The molecule has 0 atom stereocenters. The first-order chi connectivity index (χ1) is 9.24. The van der Waals surface area contributed by atoms with E-state index in [-0.39, 0.29) is 6.61 Å². The smallest absolute Gasteiger partial charge is 0.141 e. The standard InChI is InChI=1S/C14H17N3O2/c1-19-12-5-3-11(4-6-12)13-7-8-14(15)17(16-13)9-2-10-18/h3-8,15,18H,2,9-10H2,1H3. The quantitative estimate of drug-likeness (QED) is 0.853. The van der Waals surface area contributed by atoms with Crippen molar-refractivity contribution in [2.75, 3.05) is 13.7 Å². The van der Waals surface area contributed by atoms with E-state index in [4.69, 9.17) is 15.3 Å². The molecule has 2 aromatic rings. The number of hydrogen-bond acceptors (Lipinski definition) is 4. The van der Waals surface area contributed by atoms with Crippen molar-refractivity contribution in [1.82, 2.24) is 9.78 Å². The Kier molecular flexibility index (Phi) is 4.30. The number of nitrogens with zero attached hydrogens (tertiary/aromatic N) is 2. The number of methoxy groups -OCH3 is 1.